The third-order valence-corrected chi connectivity index (χ3v) is 2.48. The van der Waals surface area contributed by atoms with Crippen molar-refractivity contribution in [2.45, 2.75) is 6.54 Å². The average molecular weight is 217 g/mol. The van der Waals surface area contributed by atoms with E-state index in [1.54, 1.807) is 12.3 Å². The van der Waals surface area contributed by atoms with E-state index in [4.69, 9.17) is 11.5 Å². The van der Waals surface area contributed by atoms with E-state index in [1.807, 2.05) is 29.9 Å². The highest BCUT2D eigenvalue weighted by molar-refractivity contribution is 5.69. The van der Waals surface area contributed by atoms with E-state index in [1.165, 1.54) is 0 Å². The van der Waals surface area contributed by atoms with Crippen LogP contribution in [-0.4, -0.2) is 9.78 Å². The Morgan fingerprint density at radius 2 is 2.06 bits per heavy atom. The molecule has 5 N–H and O–H groups in total. The number of nitrogens with one attached hydrogen (secondary N) is 1. The molecule has 5 nitrogen and oxygen atoms in total. The van der Waals surface area contributed by atoms with E-state index in [-0.39, 0.29) is 0 Å². The van der Waals surface area contributed by atoms with Gasteiger partial charge in [0.25, 0.3) is 0 Å². The lowest BCUT2D eigenvalue weighted by Gasteiger charge is -2.08. The van der Waals surface area contributed by atoms with Crippen molar-refractivity contribution < 1.29 is 0 Å². The second kappa shape index (κ2) is 4.14. The fraction of sp³-hybridized carbons (Fsp3) is 0.182. The summed E-state index contributed by atoms with van der Waals surface area (Å²) in [6.45, 7) is 0.708. The first-order valence-electron chi connectivity index (χ1n) is 5.02. The SMILES string of the molecule is Cn1nccc1CNc1ccc(N)c(N)c1. The van der Waals surface area contributed by atoms with Crippen LogP contribution in [0, 0.1) is 0 Å². The molecular formula is C11H15N5. The summed E-state index contributed by atoms with van der Waals surface area (Å²) in [5.41, 5.74) is 14.6. The molecule has 0 atom stereocenters. The van der Waals surface area contributed by atoms with E-state index in [2.05, 4.69) is 10.4 Å². The molecule has 0 aliphatic rings. The normalized spacial score (nSPS) is 10.3. The third-order valence-electron chi connectivity index (χ3n) is 2.48. The Kier molecular flexibility index (Phi) is 2.68. The summed E-state index contributed by atoms with van der Waals surface area (Å²) in [5.74, 6) is 0. The van der Waals surface area contributed by atoms with Crippen LogP contribution in [0.4, 0.5) is 17.1 Å². The summed E-state index contributed by atoms with van der Waals surface area (Å²) in [4.78, 5) is 0. The quantitative estimate of drug-likeness (QED) is 0.675. The van der Waals surface area contributed by atoms with Gasteiger partial charge in [-0.15, -0.1) is 0 Å². The van der Waals surface area contributed by atoms with Gasteiger partial charge >= 0.3 is 0 Å². The predicted octanol–water partition coefficient (Wildman–Crippen LogP) is 1.20. The van der Waals surface area contributed by atoms with Crippen molar-refractivity contribution in [3.63, 3.8) is 0 Å². The summed E-state index contributed by atoms with van der Waals surface area (Å²) in [7, 11) is 1.91. The van der Waals surface area contributed by atoms with Crippen molar-refractivity contribution in [2.24, 2.45) is 7.05 Å². The first kappa shape index (κ1) is 10.4. The molecule has 0 unspecified atom stereocenters. The van der Waals surface area contributed by atoms with Crippen LogP contribution in [0.25, 0.3) is 0 Å². The van der Waals surface area contributed by atoms with Crippen LogP contribution in [0.15, 0.2) is 30.5 Å². The van der Waals surface area contributed by atoms with Crippen molar-refractivity contribution in [1.29, 1.82) is 0 Å². The Hall–Kier alpha value is -2.17. The second-order valence-electron chi connectivity index (χ2n) is 3.64. The van der Waals surface area contributed by atoms with Crippen LogP contribution < -0.4 is 16.8 Å². The molecule has 0 radical (unpaired) electrons. The van der Waals surface area contributed by atoms with Crippen LogP contribution >= 0.6 is 0 Å². The average Bonchev–Trinajstić information content (AvgIpc) is 2.66. The molecule has 0 saturated carbocycles. The zero-order valence-corrected chi connectivity index (χ0v) is 9.14. The summed E-state index contributed by atoms with van der Waals surface area (Å²) < 4.78 is 1.83. The Bertz CT molecular complexity index is 489. The molecule has 1 heterocycles. The molecule has 0 amide bonds. The molecule has 0 spiro atoms. The van der Waals surface area contributed by atoms with E-state index < -0.39 is 0 Å². The Morgan fingerprint density at radius 3 is 2.69 bits per heavy atom. The number of rotatable bonds is 3. The van der Waals surface area contributed by atoms with Crippen molar-refractivity contribution in [3.05, 3.63) is 36.2 Å². The van der Waals surface area contributed by atoms with Crippen LogP contribution in [-0.2, 0) is 13.6 Å². The molecular weight excluding hydrogens is 202 g/mol. The standard InChI is InChI=1S/C11H15N5/c1-16-9(4-5-15-16)7-14-8-2-3-10(12)11(13)6-8/h2-6,14H,7,12-13H2,1H3. The fourth-order valence-corrected chi connectivity index (χ4v) is 1.45. The molecule has 0 fully saturated rings. The largest absolute Gasteiger partial charge is 0.397 e. The number of benzene rings is 1. The summed E-state index contributed by atoms with van der Waals surface area (Å²) >= 11 is 0. The number of aromatic nitrogens is 2. The van der Waals surface area contributed by atoms with Crippen LogP contribution in [0.2, 0.25) is 0 Å². The number of hydrogen-bond acceptors (Lipinski definition) is 4. The highest BCUT2D eigenvalue weighted by Crippen LogP contribution is 2.19. The summed E-state index contributed by atoms with van der Waals surface area (Å²) in [6, 6.07) is 7.49. The first-order valence-corrected chi connectivity index (χ1v) is 5.02. The molecule has 84 valence electrons. The molecule has 2 aromatic rings. The van der Waals surface area contributed by atoms with Gasteiger partial charge in [0.2, 0.25) is 0 Å². The minimum absolute atomic E-state index is 0.593. The second-order valence-corrected chi connectivity index (χ2v) is 3.64. The third kappa shape index (κ3) is 2.08. The zero-order valence-electron chi connectivity index (χ0n) is 9.14. The lowest BCUT2D eigenvalue weighted by molar-refractivity contribution is 0.720. The van der Waals surface area contributed by atoms with E-state index in [0.29, 0.717) is 17.9 Å². The smallest absolute Gasteiger partial charge is 0.0571 e. The number of hydrogen-bond donors (Lipinski definition) is 3. The maximum Gasteiger partial charge on any atom is 0.0571 e. The van der Waals surface area contributed by atoms with Gasteiger partial charge in [0.15, 0.2) is 0 Å². The Balaban J connectivity index is 2.05. The van der Waals surface area contributed by atoms with Crippen molar-refractivity contribution in [2.75, 3.05) is 16.8 Å². The van der Waals surface area contributed by atoms with Gasteiger partial charge < -0.3 is 16.8 Å². The molecule has 0 saturated heterocycles. The van der Waals surface area contributed by atoms with Gasteiger partial charge in [0, 0.05) is 18.9 Å². The summed E-state index contributed by atoms with van der Waals surface area (Å²) in [6.07, 6.45) is 1.77. The lowest BCUT2D eigenvalue weighted by atomic mass is 10.2. The van der Waals surface area contributed by atoms with Gasteiger partial charge in [-0.2, -0.15) is 5.10 Å². The monoisotopic (exact) mass is 217 g/mol. The summed E-state index contributed by atoms with van der Waals surface area (Å²) in [5, 5.41) is 7.35. The van der Waals surface area contributed by atoms with E-state index in [9.17, 15) is 0 Å². The topological polar surface area (TPSA) is 81.9 Å². The Labute approximate surface area is 94.1 Å². The number of nitrogens with two attached hydrogens (primary N) is 2. The van der Waals surface area contributed by atoms with E-state index in [0.717, 1.165) is 11.4 Å². The van der Waals surface area contributed by atoms with Gasteiger partial charge in [-0.05, 0) is 24.3 Å². The molecule has 5 heteroatoms. The number of nitrogens with zero attached hydrogens (tertiary/aromatic N) is 2. The first-order chi connectivity index (χ1) is 7.66. The minimum Gasteiger partial charge on any atom is -0.397 e. The molecule has 16 heavy (non-hydrogen) atoms. The zero-order chi connectivity index (χ0) is 11.5. The molecule has 0 bridgehead atoms. The van der Waals surface area contributed by atoms with Gasteiger partial charge in [-0.25, -0.2) is 0 Å². The predicted molar refractivity (Wildman–Crippen MR) is 65.8 cm³/mol. The lowest BCUT2D eigenvalue weighted by Crippen LogP contribution is -2.06. The van der Waals surface area contributed by atoms with Crippen LogP contribution in [0.5, 0.6) is 0 Å². The fourth-order valence-electron chi connectivity index (χ4n) is 1.45. The van der Waals surface area contributed by atoms with Crippen molar-refractivity contribution in [3.8, 4) is 0 Å². The highest BCUT2D eigenvalue weighted by Gasteiger charge is 2.00. The van der Waals surface area contributed by atoms with Gasteiger partial charge in [0.1, 0.15) is 0 Å². The van der Waals surface area contributed by atoms with Crippen LogP contribution in [0.3, 0.4) is 0 Å². The van der Waals surface area contributed by atoms with Crippen molar-refractivity contribution >= 4 is 17.1 Å². The highest BCUT2D eigenvalue weighted by atomic mass is 15.3. The van der Waals surface area contributed by atoms with Gasteiger partial charge in [-0.1, -0.05) is 0 Å². The van der Waals surface area contributed by atoms with Crippen molar-refractivity contribution in [1.82, 2.24) is 9.78 Å². The molecule has 2 rings (SSSR count). The molecule has 1 aromatic heterocycles. The molecule has 0 aliphatic heterocycles. The van der Waals surface area contributed by atoms with E-state index >= 15 is 0 Å². The minimum atomic E-state index is 0.593. The van der Waals surface area contributed by atoms with Gasteiger partial charge in [0.05, 0.1) is 23.6 Å². The number of aryl methyl sites for hydroxylation is 1. The maximum atomic E-state index is 5.72. The molecule has 0 aliphatic carbocycles. The van der Waals surface area contributed by atoms with Crippen LogP contribution in [0.1, 0.15) is 5.69 Å². The number of anilines is 3. The Morgan fingerprint density at radius 1 is 1.25 bits per heavy atom. The maximum absolute atomic E-state index is 5.72. The molecule has 1 aromatic carbocycles. The van der Waals surface area contributed by atoms with Gasteiger partial charge in [-0.3, -0.25) is 4.68 Å². The number of nitrogen functional groups attached to an aromatic ring is 2.